The van der Waals surface area contributed by atoms with Crippen LogP contribution in [-0.4, -0.2) is 10.9 Å². The summed E-state index contributed by atoms with van der Waals surface area (Å²) in [6, 6.07) is 17.4. The third-order valence-electron chi connectivity index (χ3n) is 4.96. The zero-order chi connectivity index (χ0) is 19.1. The second-order valence-electron chi connectivity index (χ2n) is 6.81. The first-order valence-corrected chi connectivity index (χ1v) is 10.1. The number of nitrogens with zero attached hydrogens (tertiary/aromatic N) is 2. The second-order valence-corrected chi connectivity index (χ2v) is 7.63. The van der Waals surface area contributed by atoms with E-state index in [-0.39, 0.29) is 17.5 Å². The normalized spacial score (nSPS) is 16.4. The van der Waals surface area contributed by atoms with E-state index >= 15 is 0 Å². The molecule has 0 radical (unpaired) electrons. The molecule has 138 valence electrons. The van der Waals surface area contributed by atoms with Crippen LogP contribution in [0.3, 0.4) is 0 Å². The number of nitriles is 1. The smallest absolute Gasteiger partial charge is 0.262 e. The Kier molecular flexibility index (Phi) is 6.78. The van der Waals surface area contributed by atoms with Crippen LogP contribution in [0.1, 0.15) is 49.4 Å². The molecule has 0 spiro atoms. The zero-order valence-corrected chi connectivity index (χ0v) is 16.7. The van der Waals surface area contributed by atoms with E-state index in [9.17, 15) is 10.1 Å². The molecule has 0 aliphatic heterocycles. The number of pyridine rings is 1. The van der Waals surface area contributed by atoms with Crippen molar-refractivity contribution in [3.8, 4) is 6.07 Å². The number of hydrogen-bond donors (Lipinski definition) is 1. The number of halogens is 1. The van der Waals surface area contributed by atoms with E-state index in [2.05, 4.69) is 26.2 Å². The molecule has 1 N–H and O–H groups in total. The minimum atomic E-state index is -0.348. The SMILES string of the molecule is N#CC(=Cc1cccc(Br)n1)C(=O)N[C@H](c1ccccc1)C1CCCCC1. The van der Waals surface area contributed by atoms with E-state index in [1.165, 1.54) is 25.3 Å². The van der Waals surface area contributed by atoms with E-state index in [1.807, 2.05) is 42.5 Å². The van der Waals surface area contributed by atoms with Gasteiger partial charge < -0.3 is 5.32 Å². The van der Waals surface area contributed by atoms with Crippen molar-refractivity contribution >= 4 is 27.9 Å². The second kappa shape index (κ2) is 9.48. The molecule has 0 bridgehead atoms. The average Bonchev–Trinajstić information content (AvgIpc) is 2.71. The van der Waals surface area contributed by atoms with E-state index in [1.54, 1.807) is 12.1 Å². The number of carbonyl (C=O) groups excluding carboxylic acids is 1. The van der Waals surface area contributed by atoms with Gasteiger partial charge >= 0.3 is 0 Å². The van der Waals surface area contributed by atoms with Crippen LogP contribution in [0.5, 0.6) is 0 Å². The van der Waals surface area contributed by atoms with E-state index in [4.69, 9.17) is 0 Å². The van der Waals surface area contributed by atoms with Crippen molar-refractivity contribution in [2.75, 3.05) is 0 Å². The summed E-state index contributed by atoms with van der Waals surface area (Å²) in [6.45, 7) is 0. The molecule has 4 nitrogen and oxygen atoms in total. The summed E-state index contributed by atoms with van der Waals surface area (Å²) in [4.78, 5) is 17.1. The summed E-state index contributed by atoms with van der Waals surface area (Å²) in [5.41, 5.74) is 1.73. The Morgan fingerprint density at radius 3 is 2.56 bits per heavy atom. The molecule has 1 aromatic carbocycles. The van der Waals surface area contributed by atoms with Crippen molar-refractivity contribution < 1.29 is 4.79 Å². The van der Waals surface area contributed by atoms with Crippen LogP contribution in [-0.2, 0) is 4.79 Å². The summed E-state index contributed by atoms with van der Waals surface area (Å²) in [5.74, 6) is 0.0488. The maximum atomic E-state index is 12.8. The third-order valence-corrected chi connectivity index (χ3v) is 5.40. The van der Waals surface area contributed by atoms with Crippen LogP contribution < -0.4 is 5.32 Å². The number of aromatic nitrogens is 1. The molecule has 3 rings (SSSR count). The Hall–Kier alpha value is -2.45. The molecule has 5 heteroatoms. The summed E-state index contributed by atoms with van der Waals surface area (Å²) in [7, 11) is 0. The van der Waals surface area contributed by atoms with Gasteiger partial charge in [0.15, 0.2) is 0 Å². The highest BCUT2D eigenvalue weighted by Gasteiger charge is 2.27. The van der Waals surface area contributed by atoms with Gasteiger partial charge in [0.2, 0.25) is 0 Å². The van der Waals surface area contributed by atoms with Crippen molar-refractivity contribution in [1.29, 1.82) is 5.26 Å². The van der Waals surface area contributed by atoms with Gasteiger partial charge in [0.25, 0.3) is 5.91 Å². The maximum Gasteiger partial charge on any atom is 0.262 e. The van der Waals surface area contributed by atoms with Crippen molar-refractivity contribution in [2.45, 2.75) is 38.1 Å². The van der Waals surface area contributed by atoms with Gasteiger partial charge in [-0.15, -0.1) is 0 Å². The Labute approximate surface area is 168 Å². The quantitative estimate of drug-likeness (QED) is 0.408. The number of hydrogen-bond acceptors (Lipinski definition) is 3. The first-order chi connectivity index (χ1) is 13.2. The summed E-state index contributed by atoms with van der Waals surface area (Å²) in [6.07, 6.45) is 7.35. The summed E-state index contributed by atoms with van der Waals surface area (Å²) in [5, 5.41) is 12.6. The fraction of sp³-hybridized carbons (Fsp3) is 0.318. The first-order valence-electron chi connectivity index (χ1n) is 9.27. The molecule has 1 fully saturated rings. The molecule has 27 heavy (non-hydrogen) atoms. The largest absolute Gasteiger partial charge is 0.344 e. The van der Waals surface area contributed by atoms with Gasteiger partial charge in [-0.05, 0) is 58.5 Å². The molecule has 0 unspecified atom stereocenters. The van der Waals surface area contributed by atoms with Crippen molar-refractivity contribution in [3.63, 3.8) is 0 Å². The van der Waals surface area contributed by atoms with E-state index in [0.29, 0.717) is 16.2 Å². The van der Waals surface area contributed by atoms with Gasteiger partial charge in [0.05, 0.1) is 11.7 Å². The van der Waals surface area contributed by atoms with Crippen LogP contribution >= 0.6 is 15.9 Å². The third kappa shape index (κ3) is 5.27. The molecule has 0 saturated heterocycles. The number of rotatable bonds is 5. The topological polar surface area (TPSA) is 65.8 Å². The Morgan fingerprint density at radius 1 is 1.15 bits per heavy atom. The maximum absolute atomic E-state index is 12.8. The minimum absolute atomic E-state index is 0.0670. The molecule has 1 saturated carbocycles. The van der Waals surface area contributed by atoms with E-state index < -0.39 is 0 Å². The highest BCUT2D eigenvalue weighted by atomic mass is 79.9. The number of benzene rings is 1. The van der Waals surface area contributed by atoms with Gasteiger partial charge in [0, 0.05) is 0 Å². The zero-order valence-electron chi connectivity index (χ0n) is 15.1. The first kappa shape index (κ1) is 19.3. The van der Waals surface area contributed by atoms with Gasteiger partial charge in [0.1, 0.15) is 16.2 Å². The lowest BCUT2D eigenvalue weighted by Gasteiger charge is -2.31. The van der Waals surface area contributed by atoms with Crippen molar-refractivity contribution in [1.82, 2.24) is 10.3 Å². The van der Waals surface area contributed by atoms with Crippen molar-refractivity contribution in [2.24, 2.45) is 5.92 Å². The molecule has 1 atom stereocenters. The number of amides is 1. The lowest BCUT2D eigenvalue weighted by molar-refractivity contribution is -0.118. The Balaban J connectivity index is 1.83. The molecular formula is C22H22BrN3O. The number of carbonyl (C=O) groups is 1. The molecule has 1 amide bonds. The lowest BCUT2D eigenvalue weighted by Crippen LogP contribution is -2.35. The lowest BCUT2D eigenvalue weighted by atomic mass is 9.81. The minimum Gasteiger partial charge on any atom is -0.344 e. The summed E-state index contributed by atoms with van der Waals surface area (Å²) < 4.78 is 0.665. The molecule has 2 aromatic rings. The van der Waals surface area contributed by atoms with Crippen LogP contribution in [0.25, 0.3) is 6.08 Å². The highest BCUT2D eigenvalue weighted by molar-refractivity contribution is 9.10. The monoisotopic (exact) mass is 423 g/mol. The van der Waals surface area contributed by atoms with Crippen LogP contribution in [0, 0.1) is 17.2 Å². The fourth-order valence-electron chi connectivity index (χ4n) is 3.62. The number of nitrogens with one attached hydrogen (secondary N) is 1. The Bertz CT molecular complexity index is 851. The van der Waals surface area contributed by atoms with Gasteiger partial charge in [-0.25, -0.2) is 4.98 Å². The summed E-state index contributed by atoms with van der Waals surface area (Å²) >= 11 is 3.31. The van der Waals surface area contributed by atoms with E-state index in [0.717, 1.165) is 18.4 Å². The predicted molar refractivity (Wildman–Crippen MR) is 109 cm³/mol. The fourth-order valence-corrected chi connectivity index (χ4v) is 3.98. The van der Waals surface area contributed by atoms with Gasteiger partial charge in [-0.1, -0.05) is 55.7 Å². The van der Waals surface area contributed by atoms with Crippen molar-refractivity contribution in [3.05, 3.63) is 70.0 Å². The standard InChI is InChI=1S/C22H22BrN3O/c23-20-13-7-12-19(25-20)14-18(15-24)22(27)26-21(16-8-3-1-4-9-16)17-10-5-2-6-11-17/h1,3-4,7-9,12-14,17,21H,2,5-6,10-11H2,(H,26,27)/t21-/m1/s1. The molecule has 1 aliphatic rings. The van der Waals surface area contributed by atoms with Crippen LogP contribution in [0.15, 0.2) is 58.7 Å². The van der Waals surface area contributed by atoms with Crippen LogP contribution in [0.4, 0.5) is 0 Å². The molecular weight excluding hydrogens is 402 g/mol. The van der Waals surface area contributed by atoms with Gasteiger partial charge in [-0.3, -0.25) is 4.79 Å². The Morgan fingerprint density at radius 2 is 1.89 bits per heavy atom. The molecule has 1 aliphatic carbocycles. The highest BCUT2D eigenvalue weighted by Crippen LogP contribution is 2.34. The average molecular weight is 424 g/mol. The van der Waals surface area contributed by atoms with Gasteiger partial charge in [-0.2, -0.15) is 5.26 Å². The molecule has 1 aromatic heterocycles. The predicted octanol–water partition coefficient (Wildman–Crippen LogP) is 5.19. The molecule has 1 heterocycles. The van der Waals surface area contributed by atoms with Crippen LogP contribution in [0.2, 0.25) is 0 Å².